The molecular formula is C19H15FO5S. The van der Waals surface area contributed by atoms with Gasteiger partial charge in [0.1, 0.15) is 16.4 Å². The molecule has 26 heavy (non-hydrogen) atoms. The Morgan fingerprint density at radius 3 is 2.42 bits per heavy atom. The topological polar surface area (TPSA) is 61.8 Å². The number of carbonyl (C=O) groups excluding carboxylic acids is 2. The summed E-state index contributed by atoms with van der Waals surface area (Å²) in [5, 5.41) is 0.368. The molecule has 0 amide bonds. The van der Waals surface area contributed by atoms with Gasteiger partial charge in [-0.15, -0.1) is 11.3 Å². The van der Waals surface area contributed by atoms with Crippen LogP contribution in [0.25, 0.3) is 10.1 Å². The Bertz CT molecular complexity index is 962. The van der Waals surface area contributed by atoms with E-state index in [9.17, 15) is 14.0 Å². The number of halogens is 1. The SMILES string of the molecule is COCc1c(C(=O)Oc2ccc(C(=O)OC)cc2)sc2cccc(F)c12. The van der Waals surface area contributed by atoms with Gasteiger partial charge in [0.2, 0.25) is 0 Å². The third-order valence-electron chi connectivity index (χ3n) is 3.72. The first-order valence-corrected chi connectivity index (χ1v) is 8.46. The maximum Gasteiger partial charge on any atom is 0.354 e. The highest BCUT2D eigenvalue weighted by Crippen LogP contribution is 2.34. The second-order valence-corrected chi connectivity index (χ2v) is 6.41. The smallest absolute Gasteiger partial charge is 0.354 e. The summed E-state index contributed by atoms with van der Waals surface area (Å²) in [7, 11) is 2.76. The quantitative estimate of drug-likeness (QED) is 0.495. The number of benzene rings is 2. The lowest BCUT2D eigenvalue weighted by molar-refractivity contribution is 0.0600. The summed E-state index contributed by atoms with van der Waals surface area (Å²) >= 11 is 1.15. The lowest BCUT2D eigenvalue weighted by Crippen LogP contribution is -2.10. The second kappa shape index (κ2) is 7.63. The standard InChI is InChI=1S/C19H15FO5S/c1-23-10-13-16-14(20)4-3-5-15(16)26-17(13)19(22)25-12-8-6-11(7-9-12)18(21)24-2/h3-9H,10H2,1-2H3. The van der Waals surface area contributed by atoms with Crippen molar-refractivity contribution < 1.29 is 28.2 Å². The van der Waals surface area contributed by atoms with E-state index in [1.165, 1.54) is 44.6 Å². The number of methoxy groups -OCH3 is 2. The normalized spacial score (nSPS) is 10.7. The van der Waals surface area contributed by atoms with Crippen molar-refractivity contribution in [2.24, 2.45) is 0 Å². The molecular weight excluding hydrogens is 359 g/mol. The monoisotopic (exact) mass is 374 g/mol. The summed E-state index contributed by atoms with van der Waals surface area (Å²) in [5.74, 6) is -1.23. The molecule has 0 aliphatic heterocycles. The molecule has 0 bridgehead atoms. The first-order valence-electron chi connectivity index (χ1n) is 7.64. The number of ether oxygens (including phenoxy) is 3. The van der Waals surface area contributed by atoms with Gasteiger partial charge in [0.15, 0.2) is 0 Å². The van der Waals surface area contributed by atoms with E-state index in [0.717, 1.165) is 11.3 Å². The minimum atomic E-state index is -0.608. The molecule has 1 aromatic heterocycles. The van der Waals surface area contributed by atoms with E-state index in [1.807, 2.05) is 0 Å². The third-order valence-corrected chi connectivity index (χ3v) is 4.90. The summed E-state index contributed by atoms with van der Waals surface area (Å²) in [6.45, 7) is 0.0899. The molecule has 3 aromatic rings. The molecule has 0 unspecified atom stereocenters. The van der Waals surface area contributed by atoms with Gasteiger partial charge in [0.25, 0.3) is 0 Å². The number of hydrogen-bond donors (Lipinski definition) is 0. The number of thiophene rings is 1. The minimum Gasteiger partial charge on any atom is -0.465 e. The average Bonchev–Trinajstić information content (AvgIpc) is 3.02. The molecule has 7 heteroatoms. The van der Waals surface area contributed by atoms with Crippen LogP contribution >= 0.6 is 11.3 Å². The molecule has 0 spiro atoms. The predicted octanol–water partition coefficient (Wildman–Crippen LogP) is 4.19. The molecule has 0 atom stereocenters. The second-order valence-electron chi connectivity index (χ2n) is 5.36. The Morgan fingerprint density at radius 2 is 1.77 bits per heavy atom. The van der Waals surface area contributed by atoms with E-state index >= 15 is 0 Å². The number of rotatable bonds is 5. The molecule has 0 N–H and O–H groups in total. The Kier molecular flexibility index (Phi) is 5.29. The summed E-state index contributed by atoms with van der Waals surface area (Å²) in [5.41, 5.74) is 0.804. The Morgan fingerprint density at radius 1 is 1.04 bits per heavy atom. The predicted molar refractivity (Wildman–Crippen MR) is 95.2 cm³/mol. The van der Waals surface area contributed by atoms with Crippen LogP contribution in [0.4, 0.5) is 4.39 Å². The summed E-state index contributed by atoms with van der Waals surface area (Å²) < 4.78 is 29.9. The van der Waals surface area contributed by atoms with Crippen LogP contribution in [0.15, 0.2) is 42.5 Å². The van der Waals surface area contributed by atoms with Crippen molar-refractivity contribution in [3.8, 4) is 5.75 Å². The molecule has 0 radical (unpaired) electrons. The van der Waals surface area contributed by atoms with Crippen LogP contribution in [0.1, 0.15) is 25.6 Å². The fourth-order valence-corrected chi connectivity index (χ4v) is 3.64. The molecule has 3 rings (SSSR count). The van der Waals surface area contributed by atoms with Crippen molar-refractivity contribution in [3.05, 3.63) is 64.3 Å². The van der Waals surface area contributed by atoms with Crippen molar-refractivity contribution >= 4 is 33.4 Å². The first-order chi connectivity index (χ1) is 12.5. The highest BCUT2D eigenvalue weighted by atomic mass is 32.1. The lowest BCUT2D eigenvalue weighted by Gasteiger charge is -2.06. The summed E-state index contributed by atoms with van der Waals surface area (Å²) in [4.78, 5) is 24.3. The zero-order valence-electron chi connectivity index (χ0n) is 14.1. The maximum absolute atomic E-state index is 14.2. The minimum absolute atomic E-state index is 0.0899. The molecule has 0 fully saturated rings. The zero-order valence-corrected chi connectivity index (χ0v) is 14.9. The number of fused-ring (bicyclic) bond motifs is 1. The Hall–Kier alpha value is -2.77. The molecule has 134 valence electrons. The maximum atomic E-state index is 14.2. The molecule has 5 nitrogen and oxygen atoms in total. The molecule has 0 saturated heterocycles. The molecule has 0 saturated carbocycles. The Labute approximate surface area is 152 Å². The van der Waals surface area contributed by atoms with Gasteiger partial charge in [0, 0.05) is 22.8 Å². The van der Waals surface area contributed by atoms with Crippen LogP contribution in [0, 0.1) is 5.82 Å². The molecule has 0 aliphatic rings. The largest absolute Gasteiger partial charge is 0.465 e. The van der Waals surface area contributed by atoms with Gasteiger partial charge in [-0.25, -0.2) is 14.0 Å². The number of hydrogen-bond acceptors (Lipinski definition) is 6. The molecule has 2 aromatic carbocycles. The van der Waals surface area contributed by atoms with Crippen LogP contribution in [-0.4, -0.2) is 26.2 Å². The van der Waals surface area contributed by atoms with Crippen LogP contribution < -0.4 is 4.74 Å². The van der Waals surface area contributed by atoms with Crippen LogP contribution in [0.2, 0.25) is 0 Å². The average molecular weight is 374 g/mol. The van der Waals surface area contributed by atoms with Crippen LogP contribution in [-0.2, 0) is 16.1 Å². The van der Waals surface area contributed by atoms with Crippen LogP contribution in [0.5, 0.6) is 5.75 Å². The third kappa shape index (κ3) is 3.44. The molecule has 0 aliphatic carbocycles. The van der Waals surface area contributed by atoms with Gasteiger partial charge in [-0.2, -0.15) is 0 Å². The van der Waals surface area contributed by atoms with Crippen molar-refractivity contribution in [1.82, 2.24) is 0 Å². The lowest BCUT2D eigenvalue weighted by atomic mass is 10.1. The van der Waals surface area contributed by atoms with Crippen molar-refractivity contribution in [2.45, 2.75) is 6.61 Å². The van der Waals surface area contributed by atoms with Gasteiger partial charge >= 0.3 is 11.9 Å². The van der Waals surface area contributed by atoms with E-state index in [1.54, 1.807) is 12.1 Å². The van der Waals surface area contributed by atoms with Gasteiger partial charge in [0.05, 0.1) is 19.3 Å². The van der Waals surface area contributed by atoms with E-state index in [-0.39, 0.29) is 17.2 Å². The van der Waals surface area contributed by atoms with Gasteiger partial charge in [-0.3, -0.25) is 0 Å². The fraction of sp³-hybridized carbons (Fsp3) is 0.158. The van der Waals surface area contributed by atoms with Crippen molar-refractivity contribution in [3.63, 3.8) is 0 Å². The van der Waals surface area contributed by atoms with E-state index < -0.39 is 17.8 Å². The highest BCUT2D eigenvalue weighted by molar-refractivity contribution is 7.21. The number of carbonyl (C=O) groups is 2. The Balaban J connectivity index is 1.91. The van der Waals surface area contributed by atoms with Crippen molar-refractivity contribution in [2.75, 3.05) is 14.2 Å². The number of esters is 2. The summed E-state index contributed by atoms with van der Waals surface area (Å²) in [6.07, 6.45) is 0. The highest BCUT2D eigenvalue weighted by Gasteiger charge is 2.22. The van der Waals surface area contributed by atoms with Gasteiger partial charge < -0.3 is 14.2 Å². The van der Waals surface area contributed by atoms with E-state index in [2.05, 4.69) is 4.74 Å². The van der Waals surface area contributed by atoms with E-state index in [0.29, 0.717) is 21.2 Å². The van der Waals surface area contributed by atoms with Crippen LogP contribution in [0.3, 0.4) is 0 Å². The summed E-state index contributed by atoms with van der Waals surface area (Å²) in [6, 6.07) is 10.6. The van der Waals surface area contributed by atoms with Crippen molar-refractivity contribution in [1.29, 1.82) is 0 Å². The zero-order chi connectivity index (χ0) is 18.7. The fourth-order valence-electron chi connectivity index (χ4n) is 2.54. The van der Waals surface area contributed by atoms with Gasteiger partial charge in [-0.1, -0.05) is 6.07 Å². The van der Waals surface area contributed by atoms with E-state index in [4.69, 9.17) is 9.47 Å². The van der Waals surface area contributed by atoms with Gasteiger partial charge in [-0.05, 0) is 36.4 Å². The molecule has 1 heterocycles. The first kappa shape index (κ1) is 18.0.